The molecule has 3 aromatic heterocycles. The zero-order chi connectivity index (χ0) is 45.0. The highest BCUT2D eigenvalue weighted by atomic mass is 32.1. The van der Waals surface area contributed by atoms with Crippen molar-refractivity contribution in [2.24, 2.45) is 0 Å². The fourth-order valence-electron chi connectivity index (χ4n) is 8.78. The summed E-state index contributed by atoms with van der Waals surface area (Å²) in [5.74, 6) is 0. The Bertz CT molecular complexity index is 4030. The van der Waals surface area contributed by atoms with Crippen LogP contribution in [-0.4, -0.2) is 9.97 Å². The molecule has 3 heteroatoms. The Labute approximate surface area is 355 Å². The van der Waals surface area contributed by atoms with E-state index in [2.05, 4.69) is 145 Å². The Balaban J connectivity index is 1.22. The third-order valence-corrected chi connectivity index (χ3v) is 12.7. The molecule has 0 radical (unpaired) electrons. The predicted molar refractivity (Wildman–Crippen MR) is 252 cm³/mol. The molecule has 9 aromatic carbocycles. The maximum atomic E-state index is 9.40. The van der Waals surface area contributed by atoms with Gasteiger partial charge in [0.1, 0.15) is 0 Å². The van der Waals surface area contributed by atoms with Gasteiger partial charge >= 0.3 is 0 Å². The van der Waals surface area contributed by atoms with Gasteiger partial charge in [0.25, 0.3) is 0 Å². The van der Waals surface area contributed by atoms with E-state index in [1.165, 1.54) is 0 Å². The number of hydrogen-bond acceptors (Lipinski definition) is 3. The summed E-state index contributed by atoms with van der Waals surface area (Å²) in [4.78, 5) is 11.5. The third kappa shape index (κ3) is 5.40. The minimum atomic E-state index is -0.465. The molecule has 0 atom stereocenters. The van der Waals surface area contributed by atoms with Crippen LogP contribution in [0.2, 0.25) is 0 Å². The number of pyridine rings is 2. The lowest BCUT2D eigenvalue weighted by molar-refractivity contribution is 1.37. The van der Waals surface area contributed by atoms with Crippen LogP contribution in [0.1, 0.15) is 9.60 Å². The van der Waals surface area contributed by atoms with E-state index in [-0.39, 0.29) is 51.7 Å². The number of hydrogen-bond donors (Lipinski definition) is 0. The fraction of sp³-hybridized carbons (Fsp3) is 0. The van der Waals surface area contributed by atoms with Crippen molar-refractivity contribution in [1.82, 2.24) is 9.97 Å². The second-order valence-electron chi connectivity index (χ2n) is 14.7. The average molecular weight is 774 g/mol. The Hall–Kier alpha value is -7.46. The van der Waals surface area contributed by atoms with Gasteiger partial charge in [-0.3, -0.25) is 4.98 Å². The molecule has 0 aliphatic heterocycles. The van der Waals surface area contributed by atoms with Crippen molar-refractivity contribution in [3.63, 3.8) is 0 Å². The van der Waals surface area contributed by atoms with Crippen LogP contribution in [0.25, 0.3) is 119 Å². The highest BCUT2D eigenvalue weighted by Gasteiger charge is 2.27. The summed E-state index contributed by atoms with van der Waals surface area (Å²) in [5.41, 5.74) is 7.27. The van der Waals surface area contributed by atoms with E-state index in [1.807, 2.05) is 24.3 Å². The van der Waals surface area contributed by atoms with Crippen LogP contribution in [-0.2, 0) is 0 Å². The third-order valence-electron chi connectivity index (χ3n) is 11.4. The first-order chi connectivity index (χ1) is 32.2. The molecular formula is C56H34N2S. The number of rotatable bonds is 5. The molecule has 59 heavy (non-hydrogen) atoms. The SMILES string of the molecule is [2H]c1nc2c(c([2H])c1[2H])c([2H])c([2H])c1c([2H])c([2H])c(-c3ccc(-c4c(-c5cccc6ccccc56)sc(-c5cccc6ccccc56)c4-c4cccc5ccccc45)c4ccccc34)nc12. The second kappa shape index (κ2) is 13.6. The lowest BCUT2D eigenvalue weighted by Crippen LogP contribution is -1.93. The van der Waals surface area contributed by atoms with Gasteiger partial charge in [-0.2, -0.15) is 0 Å². The molecule has 0 unspecified atom stereocenters. The smallest absolute Gasteiger partial charge is 0.0972 e. The molecule has 0 N–H and O–H groups in total. The molecule has 2 nitrogen and oxygen atoms in total. The average Bonchev–Trinajstić information content (AvgIpc) is 3.74. The Kier molecular flexibility index (Phi) is 6.27. The van der Waals surface area contributed by atoms with E-state index < -0.39 is 18.3 Å². The first-order valence-corrected chi connectivity index (χ1v) is 20.3. The first-order valence-electron chi connectivity index (χ1n) is 23.0. The van der Waals surface area contributed by atoms with E-state index in [1.54, 1.807) is 11.3 Å². The highest BCUT2D eigenvalue weighted by Crippen LogP contribution is 2.56. The summed E-state index contributed by atoms with van der Waals surface area (Å²) in [6.07, 6.45) is -0.465. The summed E-state index contributed by atoms with van der Waals surface area (Å²) in [5, 5.41) is 8.39. The van der Waals surface area contributed by atoms with Gasteiger partial charge in [0.2, 0.25) is 0 Å². The van der Waals surface area contributed by atoms with E-state index >= 15 is 0 Å². The van der Waals surface area contributed by atoms with Crippen LogP contribution in [0.4, 0.5) is 0 Å². The summed E-state index contributed by atoms with van der Waals surface area (Å²) in [7, 11) is 0. The molecule has 0 bridgehead atoms. The lowest BCUT2D eigenvalue weighted by atomic mass is 9.85. The van der Waals surface area contributed by atoms with Crippen molar-refractivity contribution in [2.75, 3.05) is 0 Å². The lowest BCUT2D eigenvalue weighted by Gasteiger charge is -2.17. The summed E-state index contributed by atoms with van der Waals surface area (Å²) in [6.45, 7) is 0. The molecule has 0 spiro atoms. The van der Waals surface area contributed by atoms with E-state index in [0.29, 0.717) is 5.56 Å². The van der Waals surface area contributed by atoms with Crippen molar-refractivity contribution in [3.8, 4) is 54.4 Å². The van der Waals surface area contributed by atoms with Gasteiger partial charge in [-0.15, -0.1) is 11.3 Å². The zero-order valence-electron chi connectivity index (χ0n) is 38.4. The normalized spacial score (nSPS) is 13.4. The molecule has 0 saturated heterocycles. The van der Waals surface area contributed by atoms with Crippen LogP contribution in [0.15, 0.2) is 206 Å². The Morgan fingerprint density at radius 1 is 0.356 bits per heavy atom. The topological polar surface area (TPSA) is 25.8 Å². The quantitative estimate of drug-likeness (QED) is 0.163. The minimum Gasteiger partial charge on any atom is -0.254 e. The summed E-state index contributed by atoms with van der Waals surface area (Å²) >= 11 is 1.79. The molecule has 0 aliphatic carbocycles. The van der Waals surface area contributed by atoms with Crippen LogP contribution in [0.5, 0.6) is 0 Å². The summed E-state index contributed by atoms with van der Waals surface area (Å²) in [6, 6.07) is 55.1. The van der Waals surface area contributed by atoms with Gasteiger partial charge in [0, 0.05) is 54.5 Å². The molecule has 0 fully saturated rings. The van der Waals surface area contributed by atoms with Crippen molar-refractivity contribution in [2.45, 2.75) is 0 Å². The van der Waals surface area contributed by atoms with Crippen LogP contribution in [0.3, 0.4) is 0 Å². The Morgan fingerprint density at radius 3 is 1.41 bits per heavy atom. The number of thiophene rings is 1. The number of benzene rings is 9. The predicted octanol–water partition coefficient (Wildman–Crippen LogP) is 15.8. The first kappa shape index (κ1) is 27.2. The van der Waals surface area contributed by atoms with E-state index in [9.17, 15) is 2.74 Å². The van der Waals surface area contributed by atoms with Crippen molar-refractivity contribution >= 4 is 76.2 Å². The monoisotopic (exact) mass is 773 g/mol. The largest absolute Gasteiger partial charge is 0.254 e. The molecule has 0 saturated carbocycles. The molecule has 274 valence electrons. The molecule has 12 aromatic rings. The van der Waals surface area contributed by atoms with Crippen molar-refractivity contribution in [3.05, 3.63) is 206 Å². The van der Waals surface area contributed by atoms with Crippen LogP contribution < -0.4 is 0 Å². The van der Waals surface area contributed by atoms with Gasteiger partial charge in [0.05, 0.1) is 26.3 Å². The van der Waals surface area contributed by atoms with Gasteiger partial charge < -0.3 is 0 Å². The summed E-state index contributed by atoms with van der Waals surface area (Å²) < 4.78 is 61.6. The van der Waals surface area contributed by atoms with Crippen LogP contribution in [0, 0.1) is 0 Å². The van der Waals surface area contributed by atoms with Gasteiger partial charge in [-0.1, -0.05) is 188 Å². The molecule has 0 amide bonds. The fourth-order valence-corrected chi connectivity index (χ4v) is 10.2. The second-order valence-corrected chi connectivity index (χ2v) is 15.7. The van der Waals surface area contributed by atoms with Crippen LogP contribution >= 0.6 is 11.3 Å². The molecule has 3 heterocycles. The van der Waals surface area contributed by atoms with Gasteiger partial charge in [-0.25, -0.2) is 4.98 Å². The Morgan fingerprint density at radius 2 is 0.797 bits per heavy atom. The molecule has 0 aliphatic rings. The molecular weight excluding hydrogens is 733 g/mol. The maximum Gasteiger partial charge on any atom is 0.0972 e. The van der Waals surface area contributed by atoms with Crippen molar-refractivity contribution in [1.29, 1.82) is 0 Å². The number of aromatic nitrogens is 2. The standard InChI is InChI=1S/C56H34N2S/c1-4-20-40-35(13-1)16-9-25-46(40)51-52(56(49-27-11-18-37-15-3-6-22-42(37)49)59-55(51)48-26-10-17-36-14-2-5-21-41(36)48)47-32-31-45(43-23-7-8-24-44(43)47)50-33-30-39-29-28-38-19-12-34-57-53(38)54(39)58-50/h1-34H/i12D,19D,28D,29D,30D,33D,34D. The van der Waals surface area contributed by atoms with Gasteiger partial charge in [0.15, 0.2) is 0 Å². The number of nitrogens with zero attached hydrogens (tertiary/aromatic N) is 2. The van der Waals surface area contributed by atoms with Crippen molar-refractivity contribution < 1.29 is 9.60 Å². The van der Waals surface area contributed by atoms with Gasteiger partial charge in [-0.05, 0) is 66.3 Å². The minimum absolute atomic E-state index is 0.00799. The highest BCUT2D eigenvalue weighted by molar-refractivity contribution is 7.20. The molecule has 12 rings (SSSR count). The zero-order valence-corrected chi connectivity index (χ0v) is 32.2. The van der Waals surface area contributed by atoms with E-state index in [0.717, 1.165) is 86.2 Å². The van der Waals surface area contributed by atoms with E-state index in [4.69, 9.17) is 11.8 Å². The maximum absolute atomic E-state index is 9.40. The number of fused-ring (bicyclic) bond motifs is 7.